The summed E-state index contributed by atoms with van der Waals surface area (Å²) in [6.07, 6.45) is 0. The van der Waals surface area contributed by atoms with Gasteiger partial charge in [-0.3, -0.25) is 0 Å². The van der Waals surface area contributed by atoms with Gasteiger partial charge in [0.05, 0.1) is 6.61 Å². The normalized spacial score (nSPS) is 15.3. The van der Waals surface area contributed by atoms with Gasteiger partial charge in [0, 0.05) is 18.2 Å². The maximum absolute atomic E-state index is 8.74. The number of hydrogen-bond acceptors (Lipinski definition) is 4. The van der Waals surface area contributed by atoms with E-state index in [2.05, 4.69) is 5.32 Å². The molecule has 1 atom stereocenters. The third-order valence-electron chi connectivity index (χ3n) is 2.46. The molecule has 1 unspecified atom stereocenters. The quantitative estimate of drug-likeness (QED) is 0.778. The number of benzene rings is 1. The van der Waals surface area contributed by atoms with E-state index < -0.39 is 0 Å². The van der Waals surface area contributed by atoms with E-state index in [1.54, 1.807) is 0 Å². The molecule has 82 valence electrons. The topological polar surface area (TPSA) is 50.7 Å². The lowest BCUT2D eigenvalue weighted by atomic mass is 10.1. The van der Waals surface area contributed by atoms with E-state index in [0.29, 0.717) is 13.3 Å². The number of aliphatic hydroxyl groups excluding tert-OH is 1. The van der Waals surface area contributed by atoms with E-state index in [1.807, 2.05) is 25.1 Å². The standard InChI is InChI=1S/C11H15NO3/c1-8(12-5-6-13)9-3-2-4-10-11(9)15-7-14-10/h2-4,8,12-13H,5-7H2,1H3. The van der Waals surface area contributed by atoms with Crippen molar-refractivity contribution in [1.29, 1.82) is 0 Å². The van der Waals surface area contributed by atoms with Crippen LogP contribution in [-0.2, 0) is 0 Å². The Bertz CT molecular complexity index is 341. The van der Waals surface area contributed by atoms with Gasteiger partial charge >= 0.3 is 0 Å². The van der Waals surface area contributed by atoms with Crippen molar-refractivity contribution >= 4 is 0 Å². The van der Waals surface area contributed by atoms with E-state index >= 15 is 0 Å². The Kier molecular flexibility index (Phi) is 3.08. The molecular formula is C11H15NO3. The summed E-state index contributed by atoms with van der Waals surface area (Å²) in [5.41, 5.74) is 1.07. The van der Waals surface area contributed by atoms with Gasteiger partial charge in [0.25, 0.3) is 0 Å². The summed E-state index contributed by atoms with van der Waals surface area (Å²) < 4.78 is 10.7. The molecule has 1 aromatic rings. The van der Waals surface area contributed by atoms with Crippen molar-refractivity contribution in [3.8, 4) is 11.5 Å². The lowest BCUT2D eigenvalue weighted by Gasteiger charge is -2.15. The molecule has 2 rings (SSSR count). The van der Waals surface area contributed by atoms with Crippen LogP contribution in [0.2, 0.25) is 0 Å². The monoisotopic (exact) mass is 209 g/mol. The second-order valence-corrected chi connectivity index (χ2v) is 3.48. The van der Waals surface area contributed by atoms with Gasteiger partial charge in [0.15, 0.2) is 11.5 Å². The highest BCUT2D eigenvalue weighted by Crippen LogP contribution is 2.38. The van der Waals surface area contributed by atoms with Crippen molar-refractivity contribution in [2.24, 2.45) is 0 Å². The molecule has 0 fully saturated rings. The summed E-state index contributed by atoms with van der Waals surface area (Å²) in [5, 5.41) is 11.9. The van der Waals surface area contributed by atoms with Gasteiger partial charge in [-0.1, -0.05) is 12.1 Å². The molecule has 0 saturated heterocycles. The Morgan fingerprint density at radius 2 is 2.33 bits per heavy atom. The number of nitrogens with one attached hydrogen (secondary N) is 1. The largest absolute Gasteiger partial charge is 0.454 e. The number of fused-ring (bicyclic) bond motifs is 1. The maximum Gasteiger partial charge on any atom is 0.231 e. The molecule has 1 heterocycles. The average molecular weight is 209 g/mol. The van der Waals surface area contributed by atoms with Gasteiger partial charge in [0.2, 0.25) is 6.79 Å². The molecule has 15 heavy (non-hydrogen) atoms. The minimum atomic E-state index is 0.136. The van der Waals surface area contributed by atoms with Crippen LogP contribution in [0.25, 0.3) is 0 Å². The highest BCUT2D eigenvalue weighted by molar-refractivity contribution is 5.49. The summed E-state index contributed by atoms with van der Waals surface area (Å²) in [7, 11) is 0. The first-order valence-electron chi connectivity index (χ1n) is 5.05. The molecule has 0 radical (unpaired) electrons. The fourth-order valence-electron chi connectivity index (χ4n) is 1.68. The van der Waals surface area contributed by atoms with Gasteiger partial charge < -0.3 is 19.9 Å². The van der Waals surface area contributed by atoms with Crippen LogP contribution >= 0.6 is 0 Å². The molecule has 1 aromatic carbocycles. The van der Waals surface area contributed by atoms with E-state index in [1.165, 1.54) is 0 Å². The van der Waals surface area contributed by atoms with E-state index in [4.69, 9.17) is 14.6 Å². The molecule has 1 aliphatic rings. The second kappa shape index (κ2) is 4.51. The van der Waals surface area contributed by atoms with Crippen LogP contribution < -0.4 is 14.8 Å². The Balaban J connectivity index is 2.17. The smallest absolute Gasteiger partial charge is 0.231 e. The Morgan fingerprint density at radius 1 is 1.47 bits per heavy atom. The number of rotatable bonds is 4. The highest BCUT2D eigenvalue weighted by Gasteiger charge is 2.20. The molecule has 4 nitrogen and oxygen atoms in total. The third-order valence-corrected chi connectivity index (χ3v) is 2.46. The molecule has 1 aliphatic heterocycles. The first kappa shape index (κ1) is 10.3. The zero-order chi connectivity index (χ0) is 10.7. The Hall–Kier alpha value is -1.26. The van der Waals surface area contributed by atoms with Crippen LogP contribution in [0.4, 0.5) is 0 Å². The van der Waals surface area contributed by atoms with Gasteiger partial charge in [-0.15, -0.1) is 0 Å². The molecule has 0 amide bonds. The SMILES string of the molecule is CC(NCCO)c1cccc2c1OCO2. The predicted molar refractivity (Wildman–Crippen MR) is 56.1 cm³/mol. The van der Waals surface area contributed by atoms with E-state index in [-0.39, 0.29) is 12.6 Å². The summed E-state index contributed by atoms with van der Waals surface area (Å²) in [6.45, 7) is 3.04. The Morgan fingerprint density at radius 3 is 3.13 bits per heavy atom. The fourth-order valence-corrected chi connectivity index (χ4v) is 1.68. The zero-order valence-corrected chi connectivity index (χ0v) is 8.69. The van der Waals surface area contributed by atoms with Crippen LogP contribution in [0.3, 0.4) is 0 Å². The number of para-hydroxylation sites is 1. The minimum Gasteiger partial charge on any atom is -0.454 e. The van der Waals surface area contributed by atoms with Crippen LogP contribution in [0, 0.1) is 0 Å². The molecule has 2 N–H and O–H groups in total. The van der Waals surface area contributed by atoms with Crippen LogP contribution in [0.15, 0.2) is 18.2 Å². The van der Waals surface area contributed by atoms with E-state index in [9.17, 15) is 0 Å². The molecule has 4 heteroatoms. The maximum atomic E-state index is 8.74. The first-order valence-corrected chi connectivity index (χ1v) is 5.05. The van der Waals surface area contributed by atoms with Crippen LogP contribution in [0.5, 0.6) is 11.5 Å². The van der Waals surface area contributed by atoms with Crippen molar-refractivity contribution < 1.29 is 14.6 Å². The lowest BCUT2D eigenvalue weighted by Crippen LogP contribution is -2.22. The minimum absolute atomic E-state index is 0.136. The first-order chi connectivity index (χ1) is 7.33. The van der Waals surface area contributed by atoms with Crippen LogP contribution in [-0.4, -0.2) is 25.1 Å². The third kappa shape index (κ3) is 2.06. The van der Waals surface area contributed by atoms with Gasteiger partial charge in [0.1, 0.15) is 0 Å². The van der Waals surface area contributed by atoms with Crippen molar-refractivity contribution in [1.82, 2.24) is 5.32 Å². The molecule has 0 saturated carbocycles. The second-order valence-electron chi connectivity index (χ2n) is 3.48. The highest BCUT2D eigenvalue weighted by atomic mass is 16.7. The number of ether oxygens (including phenoxy) is 2. The van der Waals surface area contributed by atoms with Gasteiger partial charge in [-0.25, -0.2) is 0 Å². The number of hydrogen-bond donors (Lipinski definition) is 2. The van der Waals surface area contributed by atoms with Crippen molar-refractivity contribution in [3.63, 3.8) is 0 Å². The van der Waals surface area contributed by atoms with E-state index in [0.717, 1.165) is 17.1 Å². The lowest BCUT2D eigenvalue weighted by molar-refractivity contribution is 0.172. The van der Waals surface area contributed by atoms with Gasteiger partial charge in [-0.2, -0.15) is 0 Å². The summed E-state index contributed by atoms with van der Waals surface area (Å²) in [4.78, 5) is 0. The summed E-state index contributed by atoms with van der Waals surface area (Å²) >= 11 is 0. The Labute approximate surface area is 88.8 Å². The molecule has 0 aromatic heterocycles. The van der Waals surface area contributed by atoms with Gasteiger partial charge in [-0.05, 0) is 13.0 Å². The van der Waals surface area contributed by atoms with Crippen molar-refractivity contribution in [2.45, 2.75) is 13.0 Å². The average Bonchev–Trinajstić information content (AvgIpc) is 2.73. The molecular weight excluding hydrogens is 194 g/mol. The molecule has 0 aliphatic carbocycles. The molecule has 0 spiro atoms. The summed E-state index contributed by atoms with van der Waals surface area (Å²) in [5.74, 6) is 1.61. The molecule has 0 bridgehead atoms. The van der Waals surface area contributed by atoms with Crippen LogP contribution in [0.1, 0.15) is 18.5 Å². The predicted octanol–water partition coefficient (Wildman–Crippen LogP) is 1.06. The fraction of sp³-hybridized carbons (Fsp3) is 0.455. The summed E-state index contributed by atoms with van der Waals surface area (Å²) in [6, 6.07) is 5.99. The van der Waals surface area contributed by atoms with Crippen molar-refractivity contribution in [3.05, 3.63) is 23.8 Å². The van der Waals surface area contributed by atoms with Crippen molar-refractivity contribution in [2.75, 3.05) is 19.9 Å². The number of aliphatic hydroxyl groups is 1. The zero-order valence-electron chi connectivity index (χ0n) is 8.69.